The number of oxime groups is 1. The molecule has 0 aliphatic carbocycles. The number of rotatable bonds is 2. The maximum absolute atomic E-state index is 10.5. The minimum absolute atomic E-state index is 0.0841. The van der Waals surface area contributed by atoms with Crippen molar-refractivity contribution in [2.45, 2.75) is 6.92 Å². The molecule has 0 atom stereocenters. The molecule has 0 unspecified atom stereocenters. The van der Waals surface area contributed by atoms with Gasteiger partial charge >= 0.3 is 5.97 Å². The Hall–Kier alpha value is -2.15. The lowest BCUT2D eigenvalue weighted by Crippen LogP contribution is -2.00. The van der Waals surface area contributed by atoms with E-state index in [1.54, 1.807) is 24.3 Å². The fraction of sp³-hybridized carbons (Fsp3) is 0.100. The molecule has 1 aromatic rings. The van der Waals surface area contributed by atoms with Crippen LogP contribution in [0.3, 0.4) is 0 Å². The molecule has 70 valence electrons. The Balaban J connectivity index is 2.89. The summed E-state index contributed by atoms with van der Waals surface area (Å²) in [6.45, 7) is 1.23. The van der Waals surface area contributed by atoms with Crippen LogP contribution in [0.4, 0.5) is 0 Å². The average Bonchev–Trinajstić information content (AvgIpc) is 2.20. The van der Waals surface area contributed by atoms with Gasteiger partial charge in [0.1, 0.15) is 6.07 Å². The highest BCUT2D eigenvalue weighted by Gasteiger charge is 2.02. The van der Waals surface area contributed by atoms with E-state index in [1.165, 1.54) is 6.92 Å². The summed E-state index contributed by atoms with van der Waals surface area (Å²) in [5.41, 5.74) is 0.706. The zero-order valence-corrected chi connectivity index (χ0v) is 7.60. The van der Waals surface area contributed by atoms with Crippen LogP contribution in [0.2, 0.25) is 0 Å². The lowest BCUT2D eigenvalue weighted by atomic mass is 10.1. The van der Waals surface area contributed by atoms with Crippen molar-refractivity contribution in [3.05, 3.63) is 35.9 Å². The number of hydrogen-bond donors (Lipinski definition) is 0. The molecule has 1 aromatic carbocycles. The summed E-state index contributed by atoms with van der Waals surface area (Å²) in [4.78, 5) is 14.8. The molecule has 0 N–H and O–H groups in total. The van der Waals surface area contributed by atoms with E-state index in [4.69, 9.17) is 5.26 Å². The highest BCUT2D eigenvalue weighted by atomic mass is 16.7. The highest BCUT2D eigenvalue weighted by molar-refractivity contribution is 6.11. The zero-order valence-electron chi connectivity index (χ0n) is 7.60. The first-order chi connectivity index (χ1) is 6.74. The van der Waals surface area contributed by atoms with Crippen molar-refractivity contribution in [3.8, 4) is 6.07 Å². The summed E-state index contributed by atoms with van der Waals surface area (Å²) in [5, 5.41) is 12.1. The Morgan fingerprint density at radius 1 is 1.43 bits per heavy atom. The van der Waals surface area contributed by atoms with Crippen molar-refractivity contribution in [2.75, 3.05) is 0 Å². The van der Waals surface area contributed by atoms with E-state index in [-0.39, 0.29) is 5.71 Å². The minimum atomic E-state index is -0.548. The third kappa shape index (κ3) is 2.72. The van der Waals surface area contributed by atoms with Gasteiger partial charge in [-0.1, -0.05) is 35.5 Å². The number of hydrogen-bond acceptors (Lipinski definition) is 4. The maximum atomic E-state index is 10.5. The first-order valence-electron chi connectivity index (χ1n) is 3.95. The summed E-state index contributed by atoms with van der Waals surface area (Å²) in [6, 6.07) is 10.6. The summed E-state index contributed by atoms with van der Waals surface area (Å²) < 4.78 is 0. The van der Waals surface area contributed by atoms with Gasteiger partial charge in [0.05, 0.1) is 0 Å². The molecule has 1 rings (SSSR count). The largest absolute Gasteiger partial charge is 0.332 e. The van der Waals surface area contributed by atoms with Crippen LogP contribution in [0.15, 0.2) is 35.5 Å². The van der Waals surface area contributed by atoms with Crippen molar-refractivity contribution < 1.29 is 9.63 Å². The molecule has 0 fully saturated rings. The molecule has 4 heteroatoms. The van der Waals surface area contributed by atoms with Crippen molar-refractivity contribution in [2.24, 2.45) is 5.16 Å². The topological polar surface area (TPSA) is 62.4 Å². The van der Waals surface area contributed by atoms with Crippen LogP contribution in [0.5, 0.6) is 0 Å². The Kier molecular flexibility index (Phi) is 3.39. The predicted octanol–water partition coefficient (Wildman–Crippen LogP) is 1.48. The van der Waals surface area contributed by atoms with Gasteiger partial charge in [0.15, 0.2) is 5.71 Å². The summed E-state index contributed by atoms with van der Waals surface area (Å²) in [6.07, 6.45) is 0. The minimum Gasteiger partial charge on any atom is -0.317 e. The van der Waals surface area contributed by atoms with Gasteiger partial charge in [0, 0.05) is 12.5 Å². The molecule has 0 aliphatic heterocycles. The van der Waals surface area contributed by atoms with Crippen LogP contribution in [0, 0.1) is 11.3 Å². The lowest BCUT2D eigenvalue weighted by Gasteiger charge is -1.95. The second-order valence-electron chi connectivity index (χ2n) is 2.50. The average molecular weight is 188 g/mol. The molecule has 0 radical (unpaired) electrons. The standard InChI is InChI=1S/C10H8N2O2/c1-8(13)14-12-10(7-11)9-5-3-2-4-6-9/h2-6H,1H3. The zero-order chi connectivity index (χ0) is 10.4. The monoisotopic (exact) mass is 188 g/mol. The Morgan fingerprint density at radius 2 is 2.07 bits per heavy atom. The Bertz CT molecular complexity index is 390. The molecular formula is C10H8N2O2. The quantitative estimate of drug-likeness (QED) is 0.401. The number of benzene rings is 1. The first-order valence-corrected chi connectivity index (χ1v) is 3.95. The third-order valence-electron chi connectivity index (χ3n) is 1.42. The third-order valence-corrected chi connectivity index (χ3v) is 1.42. The van der Waals surface area contributed by atoms with Crippen LogP contribution in [-0.2, 0) is 9.63 Å². The molecule has 0 saturated heterocycles. The predicted molar refractivity (Wildman–Crippen MR) is 50.4 cm³/mol. The molecule has 0 amide bonds. The molecule has 0 bridgehead atoms. The fourth-order valence-electron chi connectivity index (χ4n) is 0.844. The van der Waals surface area contributed by atoms with Gasteiger partial charge < -0.3 is 4.84 Å². The van der Waals surface area contributed by atoms with E-state index in [1.807, 2.05) is 12.1 Å². The van der Waals surface area contributed by atoms with Crippen LogP contribution in [0.25, 0.3) is 0 Å². The van der Waals surface area contributed by atoms with Crippen LogP contribution < -0.4 is 0 Å². The normalized spacial score (nSPS) is 10.4. The van der Waals surface area contributed by atoms with E-state index in [0.29, 0.717) is 5.56 Å². The van der Waals surface area contributed by atoms with E-state index >= 15 is 0 Å². The van der Waals surface area contributed by atoms with Crippen molar-refractivity contribution in [1.82, 2.24) is 0 Å². The van der Waals surface area contributed by atoms with Crippen LogP contribution in [0.1, 0.15) is 12.5 Å². The van der Waals surface area contributed by atoms with E-state index < -0.39 is 5.97 Å². The van der Waals surface area contributed by atoms with E-state index in [0.717, 1.165) is 0 Å². The molecule has 14 heavy (non-hydrogen) atoms. The van der Waals surface area contributed by atoms with Gasteiger partial charge in [-0.2, -0.15) is 5.26 Å². The molecule has 0 heterocycles. The summed E-state index contributed by atoms with van der Waals surface area (Å²) in [5.74, 6) is -0.548. The number of carbonyl (C=O) groups is 1. The smallest absolute Gasteiger partial charge is 0.317 e. The Labute approximate surface area is 81.4 Å². The Morgan fingerprint density at radius 3 is 2.57 bits per heavy atom. The van der Waals surface area contributed by atoms with Gasteiger partial charge in [-0.05, 0) is 0 Å². The van der Waals surface area contributed by atoms with E-state index in [9.17, 15) is 4.79 Å². The van der Waals surface area contributed by atoms with Crippen molar-refractivity contribution >= 4 is 11.7 Å². The fourth-order valence-corrected chi connectivity index (χ4v) is 0.844. The van der Waals surface area contributed by atoms with Gasteiger partial charge in [-0.25, -0.2) is 4.79 Å². The van der Waals surface area contributed by atoms with Gasteiger partial charge in [-0.15, -0.1) is 0 Å². The molecule has 4 nitrogen and oxygen atoms in total. The SMILES string of the molecule is CC(=O)ON=C(C#N)c1ccccc1. The maximum Gasteiger partial charge on any atom is 0.332 e. The highest BCUT2D eigenvalue weighted by Crippen LogP contribution is 2.00. The van der Waals surface area contributed by atoms with Crippen molar-refractivity contribution in [1.29, 1.82) is 5.26 Å². The number of nitrogens with zero attached hydrogens (tertiary/aromatic N) is 2. The second-order valence-corrected chi connectivity index (χ2v) is 2.50. The summed E-state index contributed by atoms with van der Waals surface area (Å²) in [7, 11) is 0. The number of carbonyl (C=O) groups excluding carboxylic acids is 1. The van der Waals surface area contributed by atoms with Gasteiger partial charge in [0.2, 0.25) is 0 Å². The number of nitriles is 1. The first kappa shape index (κ1) is 9.93. The second kappa shape index (κ2) is 4.77. The molecule has 0 spiro atoms. The van der Waals surface area contributed by atoms with Crippen LogP contribution in [-0.4, -0.2) is 11.7 Å². The molecule has 0 aromatic heterocycles. The van der Waals surface area contributed by atoms with Gasteiger partial charge in [0.25, 0.3) is 0 Å². The molecule has 0 saturated carbocycles. The molecule has 0 aliphatic rings. The van der Waals surface area contributed by atoms with Crippen LogP contribution >= 0.6 is 0 Å². The lowest BCUT2D eigenvalue weighted by molar-refractivity contribution is -0.140. The summed E-state index contributed by atoms with van der Waals surface area (Å²) >= 11 is 0. The van der Waals surface area contributed by atoms with E-state index in [2.05, 4.69) is 9.99 Å². The molecular weight excluding hydrogens is 180 g/mol. The van der Waals surface area contributed by atoms with Crippen molar-refractivity contribution in [3.63, 3.8) is 0 Å². The van der Waals surface area contributed by atoms with Gasteiger partial charge in [-0.3, -0.25) is 0 Å².